The zero-order valence-electron chi connectivity index (χ0n) is 16.5. The van der Waals surface area contributed by atoms with Gasteiger partial charge in [-0.2, -0.15) is 0 Å². The summed E-state index contributed by atoms with van der Waals surface area (Å²) in [6, 6.07) is 16.0. The summed E-state index contributed by atoms with van der Waals surface area (Å²) in [5.41, 5.74) is 3.63. The van der Waals surface area contributed by atoms with Crippen LogP contribution in [-0.4, -0.2) is 47.8 Å². The van der Waals surface area contributed by atoms with E-state index in [2.05, 4.69) is 4.98 Å². The topological polar surface area (TPSA) is 56.4 Å². The van der Waals surface area contributed by atoms with Crippen LogP contribution in [0.25, 0.3) is 11.3 Å². The molecule has 1 aromatic heterocycles. The fourth-order valence-corrected chi connectivity index (χ4v) is 3.85. The Kier molecular flexibility index (Phi) is 5.59. The quantitative estimate of drug-likeness (QED) is 0.500. The molecule has 154 valence electrons. The minimum Gasteiger partial charge on any atom is -0.368 e. The number of nitrogens with zero attached hydrogens (tertiary/aromatic N) is 2. The molecule has 7 heteroatoms. The first kappa shape index (κ1) is 20.2. The second-order valence-electron chi connectivity index (χ2n) is 7.29. The van der Waals surface area contributed by atoms with Gasteiger partial charge in [0.15, 0.2) is 0 Å². The standard InChI is InChI=1S/C23H21ClFN3O2/c1-15-18(14-21(26-15)16-5-3-2-4-6-16)22(29)23(30)28-11-9-27(10-12-28)17-7-8-20(25)19(24)13-17/h2-8,13-14,26H,9-12H2,1H3. The SMILES string of the molecule is Cc1[nH]c(-c2ccccc2)cc1C(=O)C(=O)N1CCN(c2ccc(F)c(Cl)c2)CC1. The number of Topliss-reactive ketones (excluding diaryl/α,β-unsaturated/α-hetero) is 1. The number of benzene rings is 2. The van der Waals surface area contributed by atoms with Crippen LogP contribution in [0, 0.1) is 12.7 Å². The fraction of sp³-hybridized carbons (Fsp3) is 0.217. The number of rotatable bonds is 4. The lowest BCUT2D eigenvalue weighted by molar-refractivity contribution is -0.126. The van der Waals surface area contributed by atoms with Crippen molar-refractivity contribution in [3.8, 4) is 11.3 Å². The number of H-pyrrole nitrogens is 1. The number of aromatic amines is 1. The van der Waals surface area contributed by atoms with Crippen molar-refractivity contribution in [2.75, 3.05) is 31.1 Å². The van der Waals surface area contributed by atoms with Crippen molar-refractivity contribution >= 4 is 29.0 Å². The first-order valence-corrected chi connectivity index (χ1v) is 10.1. The van der Waals surface area contributed by atoms with Crippen molar-refractivity contribution in [1.82, 2.24) is 9.88 Å². The third kappa shape index (κ3) is 3.96. The number of aromatic nitrogens is 1. The van der Waals surface area contributed by atoms with Crippen molar-refractivity contribution in [1.29, 1.82) is 0 Å². The van der Waals surface area contributed by atoms with Gasteiger partial charge in [-0.3, -0.25) is 9.59 Å². The van der Waals surface area contributed by atoms with E-state index < -0.39 is 17.5 Å². The van der Waals surface area contributed by atoms with Gasteiger partial charge >= 0.3 is 0 Å². The zero-order chi connectivity index (χ0) is 21.3. The largest absolute Gasteiger partial charge is 0.368 e. The maximum atomic E-state index is 13.4. The predicted molar refractivity (Wildman–Crippen MR) is 115 cm³/mol. The number of halogens is 2. The minimum absolute atomic E-state index is 0.0679. The molecule has 0 bridgehead atoms. The van der Waals surface area contributed by atoms with E-state index >= 15 is 0 Å². The van der Waals surface area contributed by atoms with Gasteiger partial charge in [-0.05, 0) is 36.8 Å². The second kappa shape index (κ2) is 8.32. The summed E-state index contributed by atoms with van der Waals surface area (Å²) >= 11 is 5.87. The Morgan fingerprint density at radius 1 is 1.00 bits per heavy atom. The van der Waals surface area contributed by atoms with Crippen LogP contribution in [0.2, 0.25) is 5.02 Å². The Balaban J connectivity index is 1.44. The average molecular weight is 426 g/mol. The van der Waals surface area contributed by atoms with Gasteiger partial charge in [0, 0.05) is 48.8 Å². The molecule has 0 aliphatic carbocycles. The first-order chi connectivity index (χ1) is 14.4. The Labute approximate surface area is 179 Å². The zero-order valence-corrected chi connectivity index (χ0v) is 17.2. The van der Waals surface area contributed by atoms with Crippen LogP contribution in [-0.2, 0) is 4.79 Å². The summed E-state index contributed by atoms with van der Waals surface area (Å²) in [5, 5.41) is 0.0679. The molecule has 0 spiro atoms. The Hall–Kier alpha value is -3.12. The van der Waals surface area contributed by atoms with E-state index in [1.807, 2.05) is 35.2 Å². The van der Waals surface area contributed by atoms with E-state index in [1.165, 1.54) is 6.07 Å². The number of amides is 1. The molecule has 3 aromatic rings. The van der Waals surface area contributed by atoms with Crippen molar-refractivity contribution in [3.63, 3.8) is 0 Å². The summed E-state index contributed by atoms with van der Waals surface area (Å²) < 4.78 is 13.4. The van der Waals surface area contributed by atoms with Gasteiger partial charge in [0.25, 0.3) is 11.7 Å². The van der Waals surface area contributed by atoms with Crippen LogP contribution in [0.3, 0.4) is 0 Å². The summed E-state index contributed by atoms with van der Waals surface area (Å²) in [4.78, 5) is 32.5. The van der Waals surface area contributed by atoms with Gasteiger partial charge in [-0.15, -0.1) is 0 Å². The number of aryl methyl sites for hydroxylation is 1. The second-order valence-corrected chi connectivity index (χ2v) is 7.70. The van der Waals surface area contributed by atoms with Gasteiger partial charge in [0.2, 0.25) is 0 Å². The highest BCUT2D eigenvalue weighted by atomic mass is 35.5. The lowest BCUT2D eigenvalue weighted by Crippen LogP contribution is -2.50. The maximum Gasteiger partial charge on any atom is 0.295 e. The van der Waals surface area contributed by atoms with Crippen molar-refractivity contribution in [2.24, 2.45) is 0 Å². The number of hydrogen-bond acceptors (Lipinski definition) is 3. The number of ketones is 1. The number of nitrogens with one attached hydrogen (secondary N) is 1. The molecule has 1 aliphatic heterocycles. The van der Waals surface area contributed by atoms with Crippen LogP contribution in [0.15, 0.2) is 54.6 Å². The molecular weight excluding hydrogens is 405 g/mol. The molecule has 2 heterocycles. The van der Waals surface area contributed by atoms with E-state index in [0.717, 1.165) is 16.9 Å². The monoisotopic (exact) mass is 425 g/mol. The number of anilines is 1. The molecule has 1 amide bonds. The van der Waals surface area contributed by atoms with Crippen molar-refractivity contribution < 1.29 is 14.0 Å². The van der Waals surface area contributed by atoms with Crippen molar-refractivity contribution in [2.45, 2.75) is 6.92 Å². The molecule has 2 aromatic carbocycles. The maximum absolute atomic E-state index is 13.4. The lowest BCUT2D eigenvalue weighted by atomic mass is 10.1. The van der Waals surface area contributed by atoms with E-state index in [1.54, 1.807) is 30.0 Å². The molecule has 1 fully saturated rings. The molecule has 4 rings (SSSR count). The molecule has 1 N–H and O–H groups in total. The summed E-state index contributed by atoms with van der Waals surface area (Å²) in [6.07, 6.45) is 0. The summed E-state index contributed by atoms with van der Waals surface area (Å²) in [7, 11) is 0. The molecule has 1 saturated heterocycles. The number of carbonyl (C=O) groups is 2. The first-order valence-electron chi connectivity index (χ1n) is 9.72. The van der Waals surface area contributed by atoms with Gasteiger partial charge in [0.1, 0.15) is 5.82 Å². The molecule has 5 nitrogen and oxygen atoms in total. The average Bonchev–Trinajstić information content (AvgIpc) is 3.17. The fourth-order valence-electron chi connectivity index (χ4n) is 3.68. The highest BCUT2D eigenvalue weighted by molar-refractivity contribution is 6.43. The summed E-state index contributed by atoms with van der Waals surface area (Å²) in [6.45, 7) is 3.71. The minimum atomic E-state index is -0.510. The normalized spacial score (nSPS) is 14.1. The van der Waals surface area contributed by atoms with Crippen molar-refractivity contribution in [3.05, 3.63) is 76.7 Å². The van der Waals surface area contributed by atoms with E-state index in [4.69, 9.17) is 11.6 Å². The highest BCUT2D eigenvalue weighted by Gasteiger charge is 2.29. The molecule has 1 aliphatic rings. The number of carbonyl (C=O) groups excluding carboxylic acids is 2. The number of piperazine rings is 1. The van der Waals surface area contributed by atoms with E-state index in [0.29, 0.717) is 37.4 Å². The van der Waals surface area contributed by atoms with Crippen LogP contribution in [0.1, 0.15) is 16.1 Å². The molecule has 0 unspecified atom stereocenters. The third-order valence-electron chi connectivity index (χ3n) is 5.37. The van der Waals surface area contributed by atoms with Crippen LogP contribution >= 0.6 is 11.6 Å². The van der Waals surface area contributed by atoms with Crippen LogP contribution in [0.4, 0.5) is 10.1 Å². The Morgan fingerprint density at radius 2 is 1.70 bits per heavy atom. The lowest BCUT2D eigenvalue weighted by Gasteiger charge is -2.35. The molecule has 0 atom stereocenters. The Bertz CT molecular complexity index is 1090. The smallest absolute Gasteiger partial charge is 0.295 e. The predicted octanol–water partition coefficient (Wildman–Crippen LogP) is 4.31. The van der Waals surface area contributed by atoms with Gasteiger partial charge < -0.3 is 14.8 Å². The highest BCUT2D eigenvalue weighted by Crippen LogP contribution is 2.25. The third-order valence-corrected chi connectivity index (χ3v) is 5.66. The van der Waals surface area contributed by atoms with Gasteiger partial charge in [-0.1, -0.05) is 41.9 Å². The van der Waals surface area contributed by atoms with E-state index in [9.17, 15) is 14.0 Å². The van der Waals surface area contributed by atoms with E-state index in [-0.39, 0.29) is 5.02 Å². The van der Waals surface area contributed by atoms with Gasteiger partial charge in [0.05, 0.1) is 5.02 Å². The van der Waals surface area contributed by atoms with Gasteiger partial charge in [-0.25, -0.2) is 4.39 Å². The Morgan fingerprint density at radius 3 is 2.37 bits per heavy atom. The molecule has 30 heavy (non-hydrogen) atoms. The summed E-state index contributed by atoms with van der Waals surface area (Å²) in [5.74, 6) is -1.48. The molecule has 0 radical (unpaired) electrons. The molecule has 0 saturated carbocycles. The molecular formula is C23H21ClFN3O2. The van der Waals surface area contributed by atoms with Crippen LogP contribution in [0.5, 0.6) is 0 Å². The number of hydrogen-bond donors (Lipinski definition) is 1. The van der Waals surface area contributed by atoms with Crippen LogP contribution < -0.4 is 4.90 Å².